The minimum absolute atomic E-state index is 0.170. The Morgan fingerprint density at radius 2 is 2.30 bits per heavy atom. The van der Waals surface area contributed by atoms with Gasteiger partial charge in [0.15, 0.2) is 0 Å². The van der Waals surface area contributed by atoms with Crippen LogP contribution in [-0.2, 0) is 0 Å². The van der Waals surface area contributed by atoms with E-state index in [0.29, 0.717) is 0 Å². The number of nitrogens with zero attached hydrogens (tertiary/aromatic N) is 1. The normalized spacial score (nSPS) is 16.8. The van der Waals surface area contributed by atoms with Gasteiger partial charge in [-0.2, -0.15) is 0 Å². The summed E-state index contributed by atoms with van der Waals surface area (Å²) in [7, 11) is 0. The van der Waals surface area contributed by atoms with Crippen molar-refractivity contribution < 1.29 is 0 Å². The fourth-order valence-electron chi connectivity index (χ4n) is 2.28. The summed E-state index contributed by atoms with van der Waals surface area (Å²) in [6.07, 6.45) is 9.56. The lowest BCUT2D eigenvalue weighted by molar-refractivity contribution is 0.961. The predicted octanol–water partition coefficient (Wildman–Crippen LogP) is 2.22. The highest BCUT2D eigenvalue weighted by molar-refractivity contribution is 6.45. The minimum atomic E-state index is 0.170. The average Bonchev–Trinajstić information content (AvgIpc) is 2.39. The van der Waals surface area contributed by atoms with E-state index in [4.69, 9.17) is 17.3 Å². The molecule has 0 bridgehead atoms. The van der Waals surface area contributed by atoms with Gasteiger partial charge in [0.2, 0.25) is 0 Å². The van der Waals surface area contributed by atoms with Crippen LogP contribution in [0.2, 0.25) is 0 Å². The van der Waals surface area contributed by atoms with Crippen molar-refractivity contribution in [1.29, 1.82) is 0 Å². The topological polar surface area (TPSA) is 50.9 Å². The molecular formula is C16H20ClN3. The molecule has 3 N–H and O–H groups in total. The average molecular weight is 290 g/mol. The van der Waals surface area contributed by atoms with Gasteiger partial charge in [0.05, 0.1) is 5.35 Å². The summed E-state index contributed by atoms with van der Waals surface area (Å²) in [6.45, 7) is 4.09. The molecule has 3 nitrogen and oxygen atoms in total. The number of nitrogens with one attached hydrogen (secondary N) is 1. The van der Waals surface area contributed by atoms with Crippen LogP contribution in [0.5, 0.6) is 0 Å². The number of hydrogen-bond acceptors (Lipinski definition) is 3. The van der Waals surface area contributed by atoms with Crippen molar-refractivity contribution in [2.75, 3.05) is 5.32 Å². The van der Waals surface area contributed by atoms with Gasteiger partial charge in [0.25, 0.3) is 0 Å². The molecule has 1 aromatic heterocycles. The molecule has 1 heterocycles. The third-order valence-corrected chi connectivity index (χ3v) is 3.53. The van der Waals surface area contributed by atoms with Crippen LogP contribution in [0, 0.1) is 0 Å². The molecule has 20 heavy (non-hydrogen) atoms. The van der Waals surface area contributed by atoms with E-state index in [1.165, 1.54) is 0 Å². The maximum atomic E-state index is 6.25. The van der Waals surface area contributed by atoms with Gasteiger partial charge in [-0.25, -0.2) is 4.98 Å². The van der Waals surface area contributed by atoms with Crippen LogP contribution in [0.4, 0.5) is 5.82 Å². The SMILES string of the molecule is CC(/C=C\N)=C/C(C)Nc1ccc2c(n1)=C(Cl)CCC=2. The third kappa shape index (κ3) is 3.64. The molecule has 2 rings (SSSR count). The maximum Gasteiger partial charge on any atom is 0.127 e. The second kappa shape index (κ2) is 6.62. The van der Waals surface area contributed by atoms with Gasteiger partial charge in [0.1, 0.15) is 5.82 Å². The largest absolute Gasteiger partial charge is 0.405 e. The zero-order chi connectivity index (χ0) is 14.5. The van der Waals surface area contributed by atoms with Gasteiger partial charge in [0, 0.05) is 11.1 Å². The fourth-order valence-corrected chi connectivity index (χ4v) is 2.54. The summed E-state index contributed by atoms with van der Waals surface area (Å²) in [6, 6.07) is 4.22. The number of fused-ring (bicyclic) bond motifs is 1. The number of rotatable bonds is 4. The molecule has 0 saturated carbocycles. The van der Waals surface area contributed by atoms with E-state index in [0.717, 1.165) is 39.8 Å². The maximum absolute atomic E-state index is 6.25. The van der Waals surface area contributed by atoms with E-state index in [1.54, 1.807) is 6.20 Å². The standard InChI is InChI=1S/C16H20ClN3/c1-11(8-9-18)10-12(2)19-15-7-6-13-4-3-5-14(17)16(13)20-15/h4,6-10,12H,3,5,18H2,1-2H3,(H,19,20)/b9-8-,11-10-. The van der Waals surface area contributed by atoms with Crippen LogP contribution in [0.3, 0.4) is 0 Å². The van der Waals surface area contributed by atoms with E-state index < -0.39 is 0 Å². The Kier molecular flexibility index (Phi) is 4.85. The van der Waals surface area contributed by atoms with Crippen LogP contribution < -0.4 is 21.6 Å². The summed E-state index contributed by atoms with van der Waals surface area (Å²) in [5.74, 6) is 0.838. The van der Waals surface area contributed by atoms with Gasteiger partial charge >= 0.3 is 0 Å². The number of nitrogens with two attached hydrogens (primary N) is 1. The lowest BCUT2D eigenvalue weighted by Crippen LogP contribution is -2.32. The Labute approximate surface area is 124 Å². The van der Waals surface area contributed by atoms with Crippen LogP contribution >= 0.6 is 11.6 Å². The molecule has 4 heteroatoms. The number of hydrogen-bond donors (Lipinski definition) is 2. The minimum Gasteiger partial charge on any atom is -0.405 e. The molecule has 1 atom stereocenters. The molecule has 106 valence electrons. The summed E-state index contributed by atoms with van der Waals surface area (Å²) in [4.78, 5) is 4.60. The Hall–Kier alpha value is -1.74. The number of aromatic nitrogens is 1. The molecule has 0 aliphatic heterocycles. The number of allylic oxidation sites excluding steroid dienone is 2. The molecule has 1 aliphatic rings. The Morgan fingerprint density at radius 1 is 1.50 bits per heavy atom. The highest BCUT2D eigenvalue weighted by Gasteiger charge is 2.05. The quantitative estimate of drug-likeness (QED) is 0.836. The number of halogens is 1. The molecule has 1 aromatic rings. The van der Waals surface area contributed by atoms with Crippen molar-refractivity contribution >= 4 is 28.5 Å². The van der Waals surface area contributed by atoms with Gasteiger partial charge in [-0.15, -0.1) is 0 Å². The van der Waals surface area contributed by atoms with Crippen molar-refractivity contribution in [3.63, 3.8) is 0 Å². The van der Waals surface area contributed by atoms with E-state index in [2.05, 4.69) is 35.4 Å². The first-order chi connectivity index (χ1) is 9.60. The zero-order valence-electron chi connectivity index (χ0n) is 11.9. The molecule has 0 spiro atoms. The van der Waals surface area contributed by atoms with Crippen LogP contribution in [-0.4, -0.2) is 11.0 Å². The van der Waals surface area contributed by atoms with Crippen molar-refractivity contribution in [3.8, 4) is 0 Å². The van der Waals surface area contributed by atoms with Crippen molar-refractivity contribution in [2.24, 2.45) is 5.73 Å². The summed E-state index contributed by atoms with van der Waals surface area (Å²) >= 11 is 6.25. The van der Waals surface area contributed by atoms with Crippen LogP contribution in [0.1, 0.15) is 26.7 Å². The Balaban J connectivity index is 2.22. The lowest BCUT2D eigenvalue weighted by atomic mass is 10.1. The molecule has 1 aliphatic carbocycles. The van der Waals surface area contributed by atoms with Crippen LogP contribution in [0.25, 0.3) is 11.1 Å². The zero-order valence-corrected chi connectivity index (χ0v) is 12.6. The molecule has 0 aromatic carbocycles. The molecule has 0 saturated heterocycles. The third-order valence-electron chi connectivity index (χ3n) is 3.16. The second-order valence-corrected chi connectivity index (χ2v) is 5.44. The smallest absolute Gasteiger partial charge is 0.127 e. The second-order valence-electron chi connectivity index (χ2n) is 4.98. The van der Waals surface area contributed by atoms with Crippen molar-refractivity contribution in [2.45, 2.75) is 32.7 Å². The molecule has 0 fully saturated rings. The highest BCUT2D eigenvalue weighted by Crippen LogP contribution is 2.12. The summed E-state index contributed by atoms with van der Waals surface area (Å²) < 4.78 is 0. The first kappa shape index (κ1) is 14.7. The Morgan fingerprint density at radius 3 is 3.05 bits per heavy atom. The van der Waals surface area contributed by atoms with Gasteiger partial charge < -0.3 is 11.1 Å². The van der Waals surface area contributed by atoms with E-state index in [1.807, 2.05) is 19.1 Å². The molecule has 0 amide bonds. The van der Waals surface area contributed by atoms with Gasteiger partial charge in [-0.05, 0) is 56.3 Å². The molecular weight excluding hydrogens is 270 g/mol. The van der Waals surface area contributed by atoms with Crippen molar-refractivity contribution in [1.82, 2.24) is 4.98 Å². The molecule has 0 radical (unpaired) electrons. The highest BCUT2D eigenvalue weighted by atomic mass is 35.5. The monoisotopic (exact) mass is 289 g/mol. The van der Waals surface area contributed by atoms with Gasteiger partial charge in [-0.3, -0.25) is 0 Å². The molecule has 1 unspecified atom stereocenters. The van der Waals surface area contributed by atoms with E-state index >= 15 is 0 Å². The number of pyridine rings is 1. The van der Waals surface area contributed by atoms with Crippen LogP contribution in [0.15, 0.2) is 36.1 Å². The first-order valence-electron chi connectivity index (χ1n) is 6.79. The number of anilines is 1. The van der Waals surface area contributed by atoms with Gasteiger partial charge in [-0.1, -0.05) is 29.3 Å². The van der Waals surface area contributed by atoms with E-state index in [-0.39, 0.29) is 6.04 Å². The summed E-state index contributed by atoms with van der Waals surface area (Å²) in [5.41, 5.74) is 6.49. The van der Waals surface area contributed by atoms with E-state index in [9.17, 15) is 0 Å². The first-order valence-corrected chi connectivity index (χ1v) is 7.17. The summed E-state index contributed by atoms with van der Waals surface area (Å²) in [5, 5.41) is 6.22. The Bertz CT molecular complexity index is 659. The fraction of sp³-hybridized carbons (Fsp3) is 0.312. The lowest BCUT2D eigenvalue weighted by Gasteiger charge is -2.12. The van der Waals surface area contributed by atoms with Crippen molar-refractivity contribution in [3.05, 3.63) is 46.6 Å². The predicted molar refractivity (Wildman–Crippen MR) is 86.6 cm³/mol.